The molecule has 19 heavy (non-hydrogen) atoms. The average Bonchev–Trinajstić information content (AvgIpc) is 2.63. The maximum absolute atomic E-state index is 10.1. The summed E-state index contributed by atoms with van der Waals surface area (Å²) in [6.07, 6.45) is 5.90. The normalized spacial score (nSPS) is 23.7. The van der Waals surface area contributed by atoms with E-state index < -0.39 is 0 Å². The summed E-state index contributed by atoms with van der Waals surface area (Å²) in [5, 5.41) is 16.6. The summed E-state index contributed by atoms with van der Waals surface area (Å²) >= 11 is 0. The standard InChI is InChI=1S/C14H24N4O/c1-3-12-17-13(15-2)9-14(18-12)16-10-7-5-4-6-8-11(10)19/h9-11,19H,3-8H2,1-2H3,(H2,15,16,17,18). The van der Waals surface area contributed by atoms with E-state index in [4.69, 9.17) is 0 Å². The van der Waals surface area contributed by atoms with E-state index in [9.17, 15) is 5.11 Å². The number of hydrogen-bond acceptors (Lipinski definition) is 5. The van der Waals surface area contributed by atoms with Gasteiger partial charge < -0.3 is 15.7 Å². The molecule has 5 nitrogen and oxygen atoms in total. The highest BCUT2D eigenvalue weighted by Crippen LogP contribution is 2.22. The van der Waals surface area contributed by atoms with Crippen molar-refractivity contribution >= 4 is 11.6 Å². The summed E-state index contributed by atoms with van der Waals surface area (Å²) in [5.41, 5.74) is 0. The lowest BCUT2D eigenvalue weighted by molar-refractivity contribution is 0.144. The lowest BCUT2D eigenvalue weighted by Gasteiger charge is -2.22. The predicted octanol–water partition coefficient (Wildman–Crippen LogP) is 2.19. The Bertz CT molecular complexity index is 388. The Kier molecular flexibility index (Phi) is 4.96. The summed E-state index contributed by atoms with van der Waals surface area (Å²) in [5.74, 6) is 2.44. The molecule has 0 saturated heterocycles. The number of aryl methyl sites for hydroxylation is 1. The first-order valence-electron chi connectivity index (χ1n) is 7.23. The molecule has 0 aliphatic heterocycles. The monoisotopic (exact) mass is 264 g/mol. The molecular weight excluding hydrogens is 240 g/mol. The van der Waals surface area contributed by atoms with Gasteiger partial charge in [-0.2, -0.15) is 0 Å². The summed E-state index contributed by atoms with van der Waals surface area (Å²) < 4.78 is 0. The van der Waals surface area contributed by atoms with Crippen LogP contribution in [0.3, 0.4) is 0 Å². The van der Waals surface area contributed by atoms with Gasteiger partial charge >= 0.3 is 0 Å². The van der Waals surface area contributed by atoms with E-state index in [-0.39, 0.29) is 12.1 Å². The van der Waals surface area contributed by atoms with E-state index in [1.54, 1.807) is 0 Å². The van der Waals surface area contributed by atoms with Crippen molar-refractivity contribution in [2.45, 2.75) is 57.6 Å². The third-order valence-electron chi connectivity index (χ3n) is 3.66. The van der Waals surface area contributed by atoms with Gasteiger partial charge in [0.15, 0.2) is 0 Å². The van der Waals surface area contributed by atoms with E-state index in [0.29, 0.717) is 0 Å². The van der Waals surface area contributed by atoms with Crippen molar-refractivity contribution in [2.24, 2.45) is 0 Å². The van der Waals surface area contributed by atoms with E-state index in [1.807, 2.05) is 20.0 Å². The van der Waals surface area contributed by atoms with Crippen molar-refractivity contribution in [2.75, 3.05) is 17.7 Å². The fourth-order valence-corrected chi connectivity index (χ4v) is 2.50. The Morgan fingerprint density at radius 3 is 2.68 bits per heavy atom. The van der Waals surface area contributed by atoms with Crippen molar-refractivity contribution < 1.29 is 5.11 Å². The van der Waals surface area contributed by atoms with Crippen LogP contribution in [-0.4, -0.2) is 34.3 Å². The summed E-state index contributed by atoms with van der Waals surface area (Å²) in [4.78, 5) is 8.86. The first-order valence-corrected chi connectivity index (χ1v) is 7.23. The maximum Gasteiger partial charge on any atom is 0.132 e. The van der Waals surface area contributed by atoms with E-state index in [1.165, 1.54) is 12.8 Å². The smallest absolute Gasteiger partial charge is 0.132 e. The second-order valence-electron chi connectivity index (χ2n) is 5.11. The van der Waals surface area contributed by atoms with Gasteiger partial charge in [0.25, 0.3) is 0 Å². The van der Waals surface area contributed by atoms with Crippen LogP contribution in [-0.2, 0) is 6.42 Å². The fraction of sp³-hybridized carbons (Fsp3) is 0.714. The number of nitrogens with one attached hydrogen (secondary N) is 2. The molecule has 3 N–H and O–H groups in total. The van der Waals surface area contributed by atoms with Crippen LogP contribution in [0.4, 0.5) is 11.6 Å². The Morgan fingerprint density at radius 1 is 1.21 bits per heavy atom. The highest BCUT2D eigenvalue weighted by Gasteiger charge is 2.21. The van der Waals surface area contributed by atoms with Gasteiger partial charge in [0.05, 0.1) is 12.1 Å². The van der Waals surface area contributed by atoms with Gasteiger partial charge in [-0.05, 0) is 12.8 Å². The predicted molar refractivity (Wildman–Crippen MR) is 77.5 cm³/mol. The molecule has 1 aliphatic carbocycles. The lowest BCUT2D eigenvalue weighted by atomic mass is 10.1. The average molecular weight is 264 g/mol. The number of hydrogen-bond donors (Lipinski definition) is 3. The number of anilines is 2. The van der Waals surface area contributed by atoms with E-state index in [0.717, 1.165) is 43.1 Å². The minimum absolute atomic E-state index is 0.104. The van der Waals surface area contributed by atoms with Crippen molar-refractivity contribution in [3.63, 3.8) is 0 Å². The Hall–Kier alpha value is -1.36. The molecule has 1 aliphatic rings. The third-order valence-corrected chi connectivity index (χ3v) is 3.66. The molecule has 2 rings (SSSR count). The minimum atomic E-state index is -0.277. The van der Waals surface area contributed by atoms with Gasteiger partial charge in [-0.1, -0.05) is 26.2 Å². The topological polar surface area (TPSA) is 70.1 Å². The van der Waals surface area contributed by atoms with Crippen molar-refractivity contribution in [3.8, 4) is 0 Å². The first-order chi connectivity index (χ1) is 9.22. The van der Waals surface area contributed by atoms with Crippen LogP contribution in [0.2, 0.25) is 0 Å². The van der Waals surface area contributed by atoms with Gasteiger partial charge in [-0.3, -0.25) is 0 Å². The molecule has 0 amide bonds. The summed E-state index contributed by atoms with van der Waals surface area (Å²) in [7, 11) is 1.85. The van der Waals surface area contributed by atoms with Crippen LogP contribution >= 0.6 is 0 Å². The molecule has 0 bridgehead atoms. The molecule has 1 aromatic rings. The highest BCUT2D eigenvalue weighted by atomic mass is 16.3. The zero-order valence-corrected chi connectivity index (χ0v) is 11.8. The molecule has 2 atom stereocenters. The molecule has 1 saturated carbocycles. The van der Waals surface area contributed by atoms with Gasteiger partial charge in [0.2, 0.25) is 0 Å². The number of nitrogens with zero attached hydrogens (tertiary/aromatic N) is 2. The molecule has 1 heterocycles. The quantitative estimate of drug-likeness (QED) is 0.727. The van der Waals surface area contributed by atoms with Crippen molar-refractivity contribution in [1.29, 1.82) is 0 Å². The van der Waals surface area contributed by atoms with E-state index >= 15 is 0 Å². The summed E-state index contributed by atoms with van der Waals surface area (Å²) in [6, 6.07) is 2.00. The van der Waals surface area contributed by atoms with Crippen LogP contribution in [0, 0.1) is 0 Å². The molecule has 1 aromatic heterocycles. The molecule has 1 fully saturated rings. The number of rotatable bonds is 4. The van der Waals surface area contributed by atoms with Gasteiger partial charge in [-0.25, -0.2) is 9.97 Å². The summed E-state index contributed by atoms with van der Waals surface area (Å²) in [6.45, 7) is 2.04. The van der Waals surface area contributed by atoms with Crippen LogP contribution < -0.4 is 10.6 Å². The lowest BCUT2D eigenvalue weighted by Crippen LogP contribution is -2.33. The largest absolute Gasteiger partial charge is 0.391 e. The molecule has 0 spiro atoms. The number of aliphatic hydroxyl groups is 1. The minimum Gasteiger partial charge on any atom is -0.391 e. The van der Waals surface area contributed by atoms with Crippen LogP contribution in [0.1, 0.15) is 44.9 Å². The van der Waals surface area contributed by atoms with Crippen LogP contribution in [0.5, 0.6) is 0 Å². The van der Waals surface area contributed by atoms with Gasteiger partial charge in [0.1, 0.15) is 17.5 Å². The first kappa shape index (κ1) is 14.1. The number of aliphatic hydroxyl groups excluding tert-OH is 1. The fourth-order valence-electron chi connectivity index (χ4n) is 2.50. The zero-order chi connectivity index (χ0) is 13.7. The van der Waals surface area contributed by atoms with Crippen molar-refractivity contribution in [1.82, 2.24) is 9.97 Å². The molecule has 0 aromatic carbocycles. The Labute approximate surface area is 114 Å². The molecular formula is C14H24N4O. The highest BCUT2D eigenvalue weighted by molar-refractivity contribution is 5.47. The van der Waals surface area contributed by atoms with Crippen LogP contribution in [0.15, 0.2) is 6.07 Å². The Morgan fingerprint density at radius 2 is 1.95 bits per heavy atom. The molecule has 0 radical (unpaired) electrons. The Balaban J connectivity index is 2.12. The second-order valence-corrected chi connectivity index (χ2v) is 5.11. The molecule has 106 valence electrons. The van der Waals surface area contributed by atoms with Crippen molar-refractivity contribution in [3.05, 3.63) is 11.9 Å². The van der Waals surface area contributed by atoms with E-state index in [2.05, 4.69) is 20.6 Å². The molecule has 5 heteroatoms. The number of aromatic nitrogens is 2. The SMILES string of the molecule is CCc1nc(NC)cc(NC2CCCCCC2O)n1. The maximum atomic E-state index is 10.1. The van der Waals surface area contributed by atoms with Crippen LogP contribution in [0.25, 0.3) is 0 Å². The van der Waals surface area contributed by atoms with Gasteiger partial charge in [-0.15, -0.1) is 0 Å². The van der Waals surface area contributed by atoms with Gasteiger partial charge in [0, 0.05) is 19.5 Å². The molecule has 2 unspecified atom stereocenters. The second kappa shape index (κ2) is 6.70. The zero-order valence-electron chi connectivity index (χ0n) is 11.8. The third kappa shape index (κ3) is 3.80.